The van der Waals surface area contributed by atoms with Crippen molar-refractivity contribution in [3.63, 3.8) is 0 Å². The summed E-state index contributed by atoms with van der Waals surface area (Å²) in [5, 5.41) is 16.5. The summed E-state index contributed by atoms with van der Waals surface area (Å²) in [5.41, 5.74) is 2.50. The Morgan fingerprint density at radius 1 is 0.740 bits per heavy atom. The molecule has 0 saturated carbocycles. The zero-order valence-electron chi connectivity index (χ0n) is 28.2. The standard InChI is InChI=1S/C37H27F3NSi.C5H8O2.Ir/c1-42(2,3)28-12-8-23(9-13-28)24-10-14-29-26(20-24)11-15-32-31(29)16-17-34-33(32)18-19-41-36(34)27-21-25-6-4-5-7-30(25)35(22-27)37(38,39)40;1-4(6)3-5(2)7;/h4-20,22H,1-3H3;3,6H,1-2H3;/q-1;;/b;4-3-;. The Balaban J connectivity index is 0.000000553. The number of fused-ring (bicyclic) bond motifs is 6. The van der Waals surface area contributed by atoms with E-state index in [4.69, 9.17) is 5.11 Å². The molecule has 0 aliphatic rings. The molecule has 1 radical (unpaired) electrons. The first-order valence-corrected chi connectivity index (χ1v) is 19.5. The number of hydrogen-bond donors (Lipinski definition) is 1. The van der Waals surface area contributed by atoms with Gasteiger partial charge in [-0.05, 0) is 75.0 Å². The number of benzene rings is 6. The largest absolute Gasteiger partial charge is 0.512 e. The molecule has 50 heavy (non-hydrogen) atoms. The molecule has 1 aromatic heterocycles. The van der Waals surface area contributed by atoms with Crippen molar-refractivity contribution < 1.29 is 43.2 Å². The molecular weight excluding hydrogens is 828 g/mol. The van der Waals surface area contributed by atoms with E-state index in [0.29, 0.717) is 16.6 Å². The molecule has 0 bridgehead atoms. The van der Waals surface area contributed by atoms with Gasteiger partial charge >= 0.3 is 6.18 Å². The number of hydrogen-bond acceptors (Lipinski definition) is 3. The smallest absolute Gasteiger partial charge is 0.403 e. The second-order valence-corrected chi connectivity index (χ2v) is 18.4. The molecule has 1 heterocycles. The molecule has 1 N–H and O–H groups in total. The van der Waals surface area contributed by atoms with Crippen LogP contribution in [0.4, 0.5) is 13.2 Å². The average molecular weight is 863 g/mol. The van der Waals surface area contributed by atoms with E-state index in [1.54, 1.807) is 24.4 Å². The topological polar surface area (TPSA) is 50.2 Å². The third-order valence-corrected chi connectivity index (χ3v) is 10.7. The van der Waals surface area contributed by atoms with Crippen LogP contribution < -0.4 is 5.19 Å². The van der Waals surface area contributed by atoms with Crippen molar-refractivity contribution in [1.82, 2.24) is 4.98 Å². The molecule has 0 atom stereocenters. The number of rotatable bonds is 4. The zero-order chi connectivity index (χ0) is 35.1. The summed E-state index contributed by atoms with van der Waals surface area (Å²) in [5.74, 6) is -0.0625. The van der Waals surface area contributed by atoms with Crippen LogP contribution in [-0.2, 0) is 31.1 Å². The van der Waals surface area contributed by atoms with Crippen molar-refractivity contribution in [2.24, 2.45) is 0 Å². The zero-order valence-corrected chi connectivity index (χ0v) is 31.6. The maximum absolute atomic E-state index is 14.1. The number of halogens is 3. The van der Waals surface area contributed by atoms with Crippen molar-refractivity contribution in [1.29, 1.82) is 0 Å². The average Bonchev–Trinajstić information content (AvgIpc) is 3.05. The van der Waals surface area contributed by atoms with Crippen LogP contribution in [0.1, 0.15) is 19.4 Å². The first kappa shape index (κ1) is 36.7. The number of carbonyl (C=O) groups excluding carboxylic acids is 1. The molecule has 0 spiro atoms. The van der Waals surface area contributed by atoms with Gasteiger partial charge in [-0.2, -0.15) is 13.2 Å². The Kier molecular flexibility index (Phi) is 10.5. The van der Waals surface area contributed by atoms with Crippen LogP contribution in [-0.4, -0.2) is 23.9 Å². The normalized spacial score (nSPS) is 12.1. The summed E-state index contributed by atoms with van der Waals surface area (Å²) in [6.07, 6.45) is -1.65. The van der Waals surface area contributed by atoms with Crippen LogP contribution in [0.15, 0.2) is 121 Å². The fourth-order valence-electron chi connectivity index (χ4n) is 6.26. The predicted molar refractivity (Wildman–Crippen MR) is 199 cm³/mol. The van der Waals surface area contributed by atoms with Gasteiger partial charge in [-0.3, -0.25) is 9.78 Å². The third kappa shape index (κ3) is 7.58. The number of carbonyl (C=O) groups is 1. The van der Waals surface area contributed by atoms with Crippen molar-refractivity contribution in [3.8, 4) is 22.4 Å². The molecule has 0 saturated heterocycles. The Labute approximate surface area is 303 Å². The third-order valence-electron chi connectivity index (χ3n) is 8.59. The second kappa shape index (κ2) is 14.3. The van der Waals surface area contributed by atoms with Gasteiger partial charge in [-0.1, -0.05) is 115 Å². The van der Waals surface area contributed by atoms with Gasteiger partial charge in [0.25, 0.3) is 0 Å². The van der Waals surface area contributed by atoms with Crippen molar-refractivity contribution in [2.75, 3.05) is 0 Å². The predicted octanol–water partition coefficient (Wildman–Crippen LogP) is 11.4. The van der Waals surface area contributed by atoms with E-state index in [1.165, 1.54) is 48.4 Å². The van der Waals surface area contributed by atoms with Gasteiger partial charge in [0.1, 0.15) is 0 Å². The first-order valence-electron chi connectivity index (χ1n) is 16.0. The van der Waals surface area contributed by atoms with Gasteiger partial charge < -0.3 is 5.11 Å². The van der Waals surface area contributed by atoms with Crippen LogP contribution in [0.25, 0.3) is 65.5 Å². The maximum atomic E-state index is 14.1. The molecular formula is C42H35F3IrNO2Si-. The fourth-order valence-corrected chi connectivity index (χ4v) is 7.42. The van der Waals surface area contributed by atoms with E-state index in [-0.39, 0.29) is 37.0 Å². The van der Waals surface area contributed by atoms with Crippen molar-refractivity contribution >= 4 is 62.1 Å². The Bertz CT molecular complexity index is 2410. The Hall–Kier alpha value is -4.62. The van der Waals surface area contributed by atoms with Gasteiger partial charge in [0.15, 0.2) is 5.78 Å². The number of ketones is 1. The summed E-state index contributed by atoms with van der Waals surface area (Å²) >= 11 is 0. The molecule has 0 aliphatic heterocycles. The molecule has 6 aromatic carbocycles. The van der Waals surface area contributed by atoms with Gasteiger partial charge in [0.2, 0.25) is 0 Å². The van der Waals surface area contributed by atoms with E-state index in [9.17, 15) is 18.0 Å². The molecule has 8 heteroatoms. The number of nitrogens with zero attached hydrogens (tertiary/aromatic N) is 1. The number of aliphatic hydroxyl groups excluding tert-OH is 1. The molecule has 255 valence electrons. The minimum Gasteiger partial charge on any atom is -0.512 e. The minimum atomic E-state index is -4.49. The maximum Gasteiger partial charge on any atom is 0.403 e. The fraction of sp³-hybridized carbons (Fsp3) is 0.143. The van der Waals surface area contributed by atoms with Crippen molar-refractivity contribution in [3.05, 3.63) is 133 Å². The Morgan fingerprint density at radius 2 is 1.34 bits per heavy atom. The SMILES string of the molecule is CC(=O)/C=C(/C)O.C[Si](C)(C)c1ccc(-c2ccc3c(ccc4c5ccnc(-c6[c-]c7ccccc7c(C(F)(F)F)c6)c5ccc34)c2)cc1.[Ir]. The summed E-state index contributed by atoms with van der Waals surface area (Å²) in [6, 6.07) is 36.6. The van der Waals surface area contributed by atoms with E-state index >= 15 is 0 Å². The summed E-state index contributed by atoms with van der Waals surface area (Å²) in [6.45, 7) is 9.91. The number of aliphatic hydroxyl groups is 1. The van der Waals surface area contributed by atoms with Gasteiger partial charge in [-0.25, -0.2) is 0 Å². The number of aromatic nitrogens is 1. The molecule has 0 unspecified atom stereocenters. The van der Waals surface area contributed by atoms with Crippen LogP contribution in [0.2, 0.25) is 19.6 Å². The number of allylic oxidation sites excluding steroid dienone is 2. The molecule has 0 fully saturated rings. The van der Waals surface area contributed by atoms with Gasteiger partial charge in [0.05, 0.1) is 13.8 Å². The minimum absolute atomic E-state index is 0. The number of pyridine rings is 1. The Morgan fingerprint density at radius 3 is 1.98 bits per heavy atom. The van der Waals surface area contributed by atoms with E-state index < -0.39 is 19.8 Å². The van der Waals surface area contributed by atoms with Gasteiger partial charge in [-0.15, -0.1) is 23.6 Å². The molecule has 7 rings (SSSR count). The summed E-state index contributed by atoms with van der Waals surface area (Å²) in [4.78, 5) is 14.6. The number of alkyl halides is 3. The monoisotopic (exact) mass is 863 g/mol. The second-order valence-electron chi connectivity index (χ2n) is 13.3. The van der Waals surface area contributed by atoms with Crippen molar-refractivity contribution in [2.45, 2.75) is 39.7 Å². The van der Waals surface area contributed by atoms with E-state index in [2.05, 4.69) is 91.4 Å². The van der Waals surface area contributed by atoms with Crippen LogP contribution >= 0.6 is 0 Å². The summed E-state index contributed by atoms with van der Waals surface area (Å²) < 4.78 is 42.2. The van der Waals surface area contributed by atoms with E-state index in [1.807, 2.05) is 12.1 Å². The molecule has 7 aromatic rings. The molecule has 0 aliphatic carbocycles. The molecule has 0 amide bonds. The van der Waals surface area contributed by atoms with E-state index in [0.717, 1.165) is 32.3 Å². The van der Waals surface area contributed by atoms with Crippen LogP contribution in [0.3, 0.4) is 0 Å². The van der Waals surface area contributed by atoms with Crippen LogP contribution in [0, 0.1) is 6.07 Å². The first-order chi connectivity index (χ1) is 23.2. The summed E-state index contributed by atoms with van der Waals surface area (Å²) in [7, 11) is -1.36. The van der Waals surface area contributed by atoms with Gasteiger partial charge in [0, 0.05) is 38.1 Å². The van der Waals surface area contributed by atoms with Crippen LogP contribution in [0.5, 0.6) is 0 Å². The molecule has 3 nitrogen and oxygen atoms in total. The quantitative estimate of drug-likeness (QED) is 0.0631.